The molecule has 1 N–H and O–H groups in total. The van der Waals surface area contributed by atoms with Crippen molar-refractivity contribution in [3.05, 3.63) is 66.0 Å². The van der Waals surface area contributed by atoms with Crippen molar-refractivity contribution in [2.45, 2.75) is 63.9 Å². The lowest BCUT2D eigenvalue weighted by Gasteiger charge is -2.26. The van der Waals surface area contributed by atoms with Crippen LogP contribution in [-0.2, 0) is 33.5 Å². The van der Waals surface area contributed by atoms with Gasteiger partial charge in [0.1, 0.15) is 5.75 Å². The van der Waals surface area contributed by atoms with Gasteiger partial charge in [0, 0.05) is 12.4 Å². The van der Waals surface area contributed by atoms with E-state index in [9.17, 15) is 4.55 Å². The van der Waals surface area contributed by atoms with E-state index >= 15 is 0 Å². The Bertz CT molecular complexity index is 1040. The summed E-state index contributed by atoms with van der Waals surface area (Å²) in [5.41, 5.74) is 2.01. The Balaban J connectivity index is 1.53. The molecular weight excluding hydrogens is 488 g/mol. The summed E-state index contributed by atoms with van der Waals surface area (Å²) in [7, 11) is 0. The molecule has 7 nitrogen and oxygen atoms in total. The minimum absolute atomic E-state index is 0.0632. The number of ether oxygens (including phenoxy) is 3. The molecule has 2 aromatic carbocycles. The van der Waals surface area contributed by atoms with Crippen molar-refractivity contribution >= 4 is 21.9 Å². The lowest BCUT2D eigenvalue weighted by atomic mass is 10.00. The molecule has 0 spiro atoms. The van der Waals surface area contributed by atoms with Gasteiger partial charge in [-0.05, 0) is 71.7 Å². The second-order valence-electron chi connectivity index (χ2n) is 9.09. The highest BCUT2D eigenvalue weighted by Crippen LogP contribution is 2.21. The van der Waals surface area contributed by atoms with Crippen LogP contribution in [0.1, 0.15) is 50.7 Å². The number of nitrogens with zero attached hydrogens (tertiary/aromatic N) is 2. The quantitative estimate of drug-likeness (QED) is 0.186. The fourth-order valence-electron chi connectivity index (χ4n) is 4.13. The van der Waals surface area contributed by atoms with Crippen LogP contribution in [0.15, 0.2) is 54.9 Å². The molecule has 0 bridgehead atoms. The van der Waals surface area contributed by atoms with Crippen LogP contribution < -0.4 is 4.74 Å². The van der Waals surface area contributed by atoms with Gasteiger partial charge in [-0.3, -0.25) is 0 Å². The normalized spacial score (nSPS) is 13.9. The number of aliphatic hydroxyl groups is 1. The molecule has 37 heavy (non-hydrogen) atoms. The average Bonchev–Trinajstić information content (AvgIpc) is 2.91. The monoisotopic (exact) mass is 528 g/mol. The van der Waals surface area contributed by atoms with Crippen LogP contribution in [0.2, 0.25) is 0 Å². The first-order valence-corrected chi connectivity index (χ1v) is 14.6. The maximum atomic E-state index is 13.0. The molecule has 3 aromatic rings. The zero-order valence-electron chi connectivity index (χ0n) is 22.0. The maximum absolute atomic E-state index is 13.0. The van der Waals surface area contributed by atoms with Gasteiger partial charge in [-0.1, -0.05) is 56.2 Å². The van der Waals surface area contributed by atoms with Gasteiger partial charge in [-0.25, -0.2) is 9.97 Å². The van der Waals surface area contributed by atoms with Crippen molar-refractivity contribution in [1.29, 1.82) is 0 Å². The van der Waals surface area contributed by atoms with Crippen molar-refractivity contribution in [2.75, 3.05) is 32.2 Å². The highest BCUT2D eigenvalue weighted by molar-refractivity contribution is 7.91. The SMILES string of the molecule is CCCCCc1ccc2cc(CCCOC(C(C)Oc3ncccn3)[S+]([O-])CCOCCO)ccc2c1. The molecule has 0 aliphatic rings. The first kappa shape index (κ1) is 29.3. The van der Waals surface area contributed by atoms with Crippen LogP contribution >= 0.6 is 0 Å². The number of aliphatic hydroxyl groups excluding tert-OH is 1. The van der Waals surface area contributed by atoms with E-state index in [1.807, 2.05) is 6.92 Å². The largest absolute Gasteiger partial charge is 0.614 e. The maximum Gasteiger partial charge on any atom is 0.316 e. The van der Waals surface area contributed by atoms with E-state index < -0.39 is 22.7 Å². The summed E-state index contributed by atoms with van der Waals surface area (Å²) in [6.45, 7) is 4.93. The van der Waals surface area contributed by atoms with Gasteiger partial charge in [0.25, 0.3) is 5.44 Å². The van der Waals surface area contributed by atoms with E-state index in [1.165, 1.54) is 41.2 Å². The van der Waals surface area contributed by atoms with Gasteiger partial charge in [-0.2, -0.15) is 0 Å². The van der Waals surface area contributed by atoms with Gasteiger partial charge in [0.05, 0.1) is 26.4 Å². The summed E-state index contributed by atoms with van der Waals surface area (Å²) >= 11 is -1.35. The van der Waals surface area contributed by atoms with E-state index in [4.69, 9.17) is 19.3 Å². The van der Waals surface area contributed by atoms with Crippen molar-refractivity contribution in [2.24, 2.45) is 0 Å². The molecule has 202 valence electrons. The topological polar surface area (TPSA) is 96.8 Å². The van der Waals surface area contributed by atoms with E-state index in [1.54, 1.807) is 18.5 Å². The molecule has 0 saturated heterocycles. The molecular formula is C29H40N2O5S. The summed E-state index contributed by atoms with van der Waals surface area (Å²) < 4.78 is 30.2. The third-order valence-corrected chi connectivity index (χ3v) is 7.68. The first-order valence-electron chi connectivity index (χ1n) is 13.2. The van der Waals surface area contributed by atoms with Gasteiger partial charge < -0.3 is 23.9 Å². The molecule has 8 heteroatoms. The van der Waals surface area contributed by atoms with Crippen LogP contribution in [0.25, 0.3) is 10.8 Å². The van der Waals surface area contributed by atoms with Gasteiger partial charge in [-0.15, -0.1) is 0 Å². The molecule has 0 aliphatic heterocycles. The van der Waals surface area contributed by atoms with Crippen LogP contribution in [0, 0.1) is 0 Å². The van der Waals surface area contributed by atoms with Crippen molar-refractivity contribution in [3.63, 3.8) is 0 Å². The molecule has 0 aliphatic carbocycles. The third kappa shape index (κ3) is 10.2. The number of aryl methyl sites for hydroxylation is 2. The highest BCUT2D eigenvalue weighted by Gasteiger charge is 2.32. The number of unbranched alkanes of at least 4 members (excludes halogenated alkanes) is 2. The second kappa shape index (κ2) is 16.6. The van der Waals surface area contributed by atoms with Crippen LogP contribution in [0.5, 0.6) is 6.01 Å². The van der Waals surface area contributed by atoms with Crippen molar-refractivity contribution < 1.29 is 23.9 Å². The van der Waals surface area contributed by atoms with Crippen LogP contribution in [-0.4, -0.2) is 63.3 Å². The Kier molecular flexibility index (Phi) is 13.1. The Morgan fingerprint density at radius 1 is 0.919 bits per heavy atom. The highest BCUT2D eigenvalue weighted by atomic mass is 32.2. The van der Waals surface area contributed by atoms with Crippen molar-refractivity contribution in [1.82, 2.24) is 9.97 Å². The Morgan fingerprint density at radius 3 is 2.24 bits per heavy atom. The molecule has 1 heterocycles. The summed E-state index contributed by atoms with van der Waals surface area (Å²) in [4.78, 5) is 8.18. The van der Waals surface area contributed by atoms with Gasteiger partial charge in [0.2, 0.25) is 0 Å². The zero-order chi connectivity index (χ0) is 26.3. The minimum atomic E-state index is -1.35. The lowest BCUT2D eigenvalue weighted by molar-refractivity contribution is 0.0238. The summed E-state index contributed by atoms with van der Waals surface area (Å²) in [6, 6.07) is 15.3. The smallest absolute Gasteiger partial charge is 0.316 e. The summed E-state index contributed by atoms with van der Waals surface area (Å²) in [5, 5.41) is 11.4. The molecule has 0 amide bonds. The molecule has 0 radical (unpaired) electrons. The molecule has 3 unspecified atom stereocenters. The average molecular weight is 529 g/mol. The van der Waals surface area contributed by atoms with E-state index in [0.717, 1.165) is 19.3 Å². The minimum Gasteiger partial charge on any atom is -0.614 e. The Hall–Kier alpha value is -2.23. The number of benzene rings is 2. The van der Waals surface area contributed by atoms with Crippen LogP contribution in [0.4, 0.5) is 0 Å². The second-order valence-corrected chi connectivity index (χ2v) is 10.7. The number of hydrogen-bond donors (Lipinski definition) is 1. The molecule has 0 saturated carbocycles. The molecule has 0 fully saturated rings. The predicted octanol–water partition coefficient (Wildman–Crippen LogP) is 4.86. The van der Waals surface area contributed by atoms with Gasteiger partial charge >= 0.3 is 6.01 Å². The molecule has 1 aromatic heterocycles. The molecule has 3 atom stereocenters. The standard InChI is InChI=1S/C29H40N2O5S/c1-3-4-5-8-24-10-12-27-22-25(11-13-26(27)21-24)9-6-17-35-28(37(33)20-19-34-18-16-32)23(2)36-29-30-14-7-15-31-29/h7,10-15,21-23,28,32H,3-6,8-9,16-20H2,1-2H3. The van der Waals surface area contributed by atoms with E-state index in [0.29, 0.717) is 12.4 Å². The fraction of sp³-hybridized carbons (Fsp3) is 0.517. The third-order valence-electron chi connectivity index (χ3n) is 6.07. The van der Waals surface area contributed by atoms with Crippen LogP contribution in [0.3, 0.4) is 0 Å². The number of rotatable bonds is 18. The first-order chi connectivity index (χ1) is 18.1. The Morgan fingerprint density at radius 2 is 1.59 bits per heavy atom. The predicted molar refractivity (Wildman–Crippen MR) is 148 cm³/mol. The number of aromatic nitrogens is 2. The number of fused-ring (bicyclic) bond motifs is 1. The van der Waals surface area contributed by atoms with Crippen molar-refractivity contribution in [3.8, 4) is 6.01 Å². The molecule has 3 rings (SSSR count). The summed E-state index contributed by atoms with van der Waals surface area (Å²) in [5.74, 6) is 0.291. The van der Waals surface area contributed by atoms with E-state index in [2.05, 4.69) is 53.3 Å². The number of hydrogen-bond acceptors (Lipinski definition) is 7. The lowest BCUT2D eigenvalue weighted by Crippen LogP contribution is -2.41. The fourth-order valence-corrected chi connectivity index (χ4v) is 5.37. The Labute approximate surface area is 223 Å². The summed E-state index contributed by atoms with van der Waals surface area (Å²) in [6.07, 6.45) is 9.24. The zero-order valence-corrected chi connectivity index (χ0v) is 22.8. The van der Waals surface area contributed by atoms with Gasteiger partial charge in [0.15, 0.2) is 6.10 Å². The van der Waals surface area contributed by atoms with E-state index in [-0.39, 0.29) is 25.8 Å².